The van der Waals surface area contributed by atoms with E-state index in [9.17, 15) is 8.42 Å². The van der Waals surface area contributed by atoms with Gasteiger partial charge in [-0.05, 0) is 31.8 Å². The molecule has 2 aromatic heterocycles. The zero-order valence-electron chi connectivity index (χ0n) is 11.6. The van der Waals surface area contributed by atoms with Crippen LogP contribution < -0.4 is 10.0 Å². The molecule has 110 valence electrons. The first kappa shape index (κ1) is 15.6. The summed E-state index contributed by atoms with van der Waals surface area (Å²) in [6, 6.07) is 0. The molecule has 2 heterocycles. The molecule has 0 radical (unpaired) electrons. The number of thiazole rings is 1. The van der Waals surface area contributed by atoms with Crippen LogP contribution in [0, 0.1) is 13.8 Å². The lowest BCUT2D eigenvalue weighted by molar-refractivity contribution is 0.579. The number of hydrogen-bond acceptors (Lipinski definition) is 6. The number of sulfonamides is 1. The van der Waals surface area contributed by atoms with Crippen molar-refractivity contribution in [2.45, 2.75) is 31.8 Å². The summed E-state index contributed by atoms with van der Waals surface area (Å²) in [6.07, 6.45) is 0. The molecule has 0 aliphatic rings. The zero-order valence-corrected chi connectivity index (χ0v) is 14.0. The fourth-order valence-electron chi connectivity index (χ4n) is 1.84. The van der Waals surface area contributed by atoms with Crippen LogP contribution in [-0.2, 0) is 23.1 Å². The van der Waals surface area contributed by atoms with E-state index in [-0.39, 0.29) is 6.54 Å². The Balaban J connectivity index is 2.20. The third-order valence-electron chi connectivity index (χ3n) is 2.68. The highest BCUT2D eigenvalue weighted by atomic mass is 32.2. The lowest BCUT2D eigenvalue weighted by Crippen LogP contribution is -2.25. The number of nitrogens with zero attached hydrogens (tertiary/aromatic N) is 1. The average molecular weight is 331 g/mol. The molecular weight excluding hydrogens is 314 g/mol. The Kier molecular flexibility index (Phi) is 4.92. The van der Waals surface area contributed by atoms with Crippen LogP contribution in [0.15, 0.2) is 15.7 Å². The van der Waals surface area contributed by atoms with Crippen LogP contribution in [0.25, 0.3) is 0 Å². The Labute approximate surface area is 127 Å². The molecule has 0 aliphatic heterocycles. The topological polar surface area (TPSA) is 71.1 Å². The van der Waals surface area contributed by atoms with Crippen molar-refractivity contribution in [3.05, 3.63) is 31.9 Å². The lowest BCUT2D eigenvalue weighted by atomic mass is 10.3. The summed E-state index contributed by atoms with van der Waals surface area (Å²) in [6.45, 7) is 4.49. The van der Waals surface area contributed by atoms with Crippen molar-refractivity contribution in [1.82, 2.24) is 15.0 Å². The monoisotopic (exact) mass is 331 g/mol. The highest BCUT2D eigenvalue weighted by molar-refractivity contribution is 7.89. The van der Waals surface area contributed by atoms with Gasteiger partial charge in [-0.15, -0.1) is 22.7 Å². The van der Waals surface area contributed by atoms with Crippen LogP contribution in [0.1, 0.15) is 21.1 Å². The van der Waals surface area contributed by atoms with E-state index >= 15 is 0 Å². The zero-order chi connectivity index (χ0) is 14.8. The molecular formula is C12H17N3O2S3. The van der Waals surface area contributed by atoms with E-state index in [2.05, 4.69) is 15.0 Å². The number of rotatable bonds is 6. The van der Waals surface area contributed by atoms with Crippen molar-refractivity contribution in [1.29, 1.82) is 0 Å². The molecule has 5 nitrogen and oxygen atoms in total. The number of thiophene rings is 1. The first-order valence-electron chi connectivity index (χ1n) is 6.06. The van der Waals surface area contributed by atoms with Crippen molar-refractivity contribution in [2.24, 2.45) is 0 Å². The van der Waals surface area contributed by atoms with Crippen LogP contribution >= 0.6 is 22.7 Å². The predicted molar refractivity (Wildman–Crippen MR) is 82.7 cm³/mol. The summed E-state index contributed by atoms with van der Waals surface area (Å²) >= 11 is 2.92. The maximum Gasteiger partial charge on any atom is 0.242 e. The first-order valence-corrected chi connectivity index (χ1v) is 9.30. The maximum absolute atomic E-state index is 12.4. The van der Waals surface area contributed by atoms with Crippen LogP contribution in [0.5, 0.6) is 0 Å². The molecule has 0 saturated carbocycles. The molecule has 0 aliphatic carbocycles. The van der Waals surface area contributed by atoms with Gasteiger partial charge in [0.1, 0.15) is 9.90 Å². The minimum Gasteiger partial charge on any atom is -0.315 e. The van der Waals surface area contributed by atoms with E-state index in [4.69, 9.17) is 0 Å². The highest BCUT2D eigenvalue weighted by Gasteiger charge is 2.22. The van der Waals surface area contributed by atoms with Crippen LogP contribution in [0.2, 0.25) is 0 Å². The van der Waals surface area contributed by atoms with E-state index in [1.54, 1.807) is 7.05 Å². The van der Waals surface area contributed by atoms with Crippen molar-refractivity contribution < 1.29 is 8.42 Å². The van der Waals surface area contributed by atoms with Gasteiger partial charge in [-0.2, -0.15) is 0 Å². The second kappa shape index (κ2) is 6.31. The third-order valence-corrected chi connectivity index (χ3v) is 6.51. The quantitative estimate of drug-likeness (QED) is 0.849. The first-order chi connectivity index (χ1) is 9.44. The van der Waals surface area contributed by atoms with Gasteiger partial charge in [-0.1, -0.05) is 0 Å². The summed E-state index contributed by atoms with van der Waals surface area (Å²) < 4.78 is 27.5. The summed E-state index contributed by atoms with van der Waals surface area (Å²) in [7, 11) is -1.70. The Morgan fingerprint density at radius 1 is 1.20 bits per heavy atom. The molecule has 0 aromatic carbocycles. The number of hydrogen-bond donors (Lipinski definition) is 2. The minimum absolute atomic E-state index is 0.231. The fraction of sp³-hybridized carbons (Fsp3) is 0.417. The van der Waals surface area contributed by atoms with Crippen LogP contribution in [-0.4, -0.2) is 20.4 Å². The number of aryl methyl sites for hydroxylation is 2. The normalized spacial score (nSPS) is 11.9. The Bertz CT molecular complexity index is 689. The number of aromatic nitrogens is 1. The van der Waals surface area contributed by atoms with E-state index in [0.29, 0.717) is 11.4 Å². The largest absolute Gasteiger partial charge is 0.315 e. The van der Waals surface area contributed by atoms with Gasteiger partial charge >= 0.3 is 0 Å². The van der Waals surface area contributed by atoms with Gasteiger partial charge in [0.15, 0.2) is 0 Å². The fourth-order valence-corrected chi connectivity index (χ4v) is 5.45. The molecule has 0 amide bonds. The standard InChI is InChI=1S/C12H17N3O2S3/c1-8-6-18-10(4-13-3)12(8)20(16,17)14-5-11-15-9(2)7-19-11/h6-7,13-14H,4-5H2,1-3H3. The smallest absolute Gasteiger partial charge is 0.242 e. The molecule has 2 rings (SSSR count). The van der Waals surface area contributed by atoms with E-state index in [1.165, 1.54) is 22.7 Å². The lowest BCUT2D eigenvalue weighted by Gasteiger charge is -2.08. The molecule has 2 aromatic rings. The maximum atomic E-state index is 12.4. The third kappa shape index (κ3) is 3.44. The van der Waals surface area contributed by atoms with Crippen molar-refractivity contribution >= 4 is 32.7 Å². The van der Waals surface area contributed by atoms with Gasteiger partial charge in [0, 0.05) is 22.5 Å². The molecule has 0 fully saturated rings. The van der Waals surface area contributed by atoms with Gasteiger partial charge in [0.25, 0.3) is 0 Å². The van der Waals surface area contributed by atoms with Gasteiger partial charge < -0.3 is 5.32 Å². The second-order valence-corrected chi connectivity index (χ2v) is 8.02. The molecule has 20 heavy (non-hydrogen) atoms. The molecule has 0 atom stereocenters. The molecule has 0 unspecified atom stereocenters. The Hall–Kier alpha value is -0.800. The van der Waals surface area contributed by atoms with Crippen LogP contribution in [0.3, 0.4) is 0 Å². The average Bonchev–Trinajstić information content (AvgIpc) is 2.95. The van der Waals surface area contributed by atoms with Gasteiger partial charge in [0.2, 0.25) is 10.0 Å². The molecule has 0 spiro atoms. The van der Waals surface area contributed by atoms with Crippen molar-refractivity contribution in [3.63, 3.8) is 0 Å². The van der Waals surface area contributed by atoms with Crippen molar-refractivity contribution in [3.8, 4) is 0 Å². The SMILES string of the molecule is CNCc1scc(C)c1S(=O)(=O)NCc1nc(C)cs1. The molecule has 8 heteroatoms. The Morgan fingerprint density at radius 3 is 2.55 bits per heavy atom. The predicted octanol–water partition coefficient (Wildman–Crippen LogP) is 2.02. The van der Waals surface area contributed by atoms with E-state index < -0.39 is 10.0 Å². The summed E-state index contributed by atoms with van der Waals surface area (Å²) in [4.78, 5) is 5.48. The van der Waals surface area contributed by atoms with Crippen molar-refractivity contribution in [2.75, 3.05) is 7.05 Å². The van der Waals surface area contributed by atoms with E-state index in [0.717, 1.165) is 21.1 Å². The second-order valence-electron chi connectivity index (χ2n) is 4.41. The summed E-state index contributed by atoms with van der Waals surface area (Å²) in [5.74, 6) is 0. The summed E-state index contributed by atoms with van der Waals surface area (Å²) in [5.41, 5.74) is 1.69. The van der Waals surface area contributed by atoms with Gasteiger partial charge in [-0.25, -0.2) is 18.1 Å². The Morgan fingerprint density at radius 2 is 1.95 bits per heavy atom. The number of nitrogens with one attached hydrogen (secondary N) is 2. The van der Waals surface area contributed by atoms with Gasteiger partial charge in [-0.3, -0.25) is 0 Å². The van der Waals surface area contributed by atoms with Gasteiger partial charge in [0.05, 0.1) is 6.54 Å². The molecule has 0 bridgehead atoms. The summed E-state index contributed by atoms with van der Waals surface area (Å²) in [5, 5.41) is 7.55. The highest BCUT2D eigenvalue weighted by Crippen LogP contribution is 2.26. The minimum atomic E-state index is -3.50. The molecule has 0 saturated heterocycles. The van der Waals surface area contributed by atoms with E-state index in [1.807, 2.05) is 24.6 Å². The van der Waals surface area contributed by atoms with Crippen LogP contribution in [0.4, 0.5) is 0 Å². The molecule has 2 N–H and O–H groups in total.